The molecule has 1 aromatic heterocycles. The van der Waals surface area contributed by atoms with Crippen molar-refractivity contribution in [2.45, 2.75) is 0 Å². The number of nitrogens with zero attached hydrogens (tertiary/aromatic N) is 2. The van der Waals surface area contributed by atoms with Crippen molar-refractivity contribution in [2.75, 3.05) is 4.90 Å². The van der Waals surface area contributed by atoms with Gasteiger partial charge in [-0.1, -0.05) is 224 Å². The summed E-state index contributed by atoms with van der Waals surface area (Å²) in [4.78, 5) is 2.48. The molecular formula is C64H44N2. The molecule has 11 aromatic carbocycles. The van der Waals surface area contributed by atoms with E-state index in [1.54, 1.807) is 0 Å². The zero-order valence-electron chi connectivity index (χ0n) is 36.3. The van der Waals surface area contributed by atoms with Crippen LogP contribution < -0.4 is 4.90 Å². The minimum atomic E-state index is 1.06. The minimum absolute atomic E-state index is 1.06. The summed E-state index contributed by atoms with van der Waals surface area (Å²) in [6.45, 7) is 0. The van der Waals surface area contributed by atoms with Crippen LogP contribution in [0.2, 0.25) is 0 Å². The molecule has 0 atom stereocenters. The molecule has 0 saturated carbocycles. The molecule has 2 nitrogen and oxygen atoms in total. The third-order valence-electron chi connectivity index (χ3n) is 13.0. The molecule has 0 spiro atoms. The molecule has 66 heavy (non-hydrogen) atoms. The first-order valence-electron chi connectivity index (χ1n) is 22.7. The van der Waals surface area contributed by atoms with Crippen LogP contribution in [0.15, 0.2) is 267 Å². The maximum Gasteiger partial charge on any atom is 0.0702 e. The number of anilines is 3. The highest BCUT2D eigenvalue weighted by atomic mass is 15.2. The second kappa shape index (κ2) is 16.8. The molecule has 1 heterocycles. The monoisotopic (exact) mass is 840 g/mol. The van der Waals surface area contributed by atoms with Gasteiger partial charge in [-0.05, 0) is 103 Å². The number of rotatable bonds is 9. The van der Waals surface area contributed by atoms with Crippen LogP contribution in [-0.2, 0) is 0 Å². The molecular weight excluding hydrogens is 797 g/mol. The quantitative estimate of drug-likeness (QED) is 0.141. The van der Waals surface area contributed by atoms with Gasteiger partial charge in [0.25, 0.3) is 0 Å². The Morgan fingerprint density at radius 3 is 1.39 bits per heavy atom. The molecule has 0 fully saturated rings. The van der Waals surface area contributed by atoms with Crippen LogP contribution in [0.4, 0.5) is 17.1 Å². The van der Waals surface area contributed by atoms with Gasteiger partial charge < -0.3 is 9.47 Å². The molecule has 310 valence electrons. The molecule has 0 bridgehead atoms. The lowest BCUT2D eigenvalue weighted by Gasteiger charge is -2.32. The summed E-state index contributed by atoms with van der Waals surface area (Å²) in [5.74, 6) is 0. The molecule has 0 saturated heterocycles. The summed E-state index contributed by atoms with van der Waals surface area (Å²) in [6, 6.07) is 97.0. The predicted octanol–water partition coefficient (Wildman–Crippen LogP) is 17.7. The minimum Gasteiger partial charge on any atom is -0.308 e. The summed E-state index contributed by atoms with van der Waals surface area (Å²) in [7, 11) is 0. The predicted molar refractivity (Wildman–Crippen MR) is 280 cm³/mol. The Kier molecular flexibility index (Phi) is 9.89. The van der Waals surface area contributed by atoms with Gasteiger partial charge >= 0.3 is 0 Å². The Balaban J connectivity index is 1.08. The molecule has 0 amide bonds. The summed E-state index contributed by atoms with van der Waals surface area (Å²) in [6.07, 6.45) is 0. The average molecular weight is 841 g/mol. The van der Waals surface area contributed by atoms with Crippen LogP contribution in [0, 0.1) is 0 Å². The standard InChI is InChI=1S/C64H44N2/c1-3-19-47(20-4-1)54-26-9-10-29-58(54)64-55(49-21-5-2-6-22-49)31-18-36-63(64)65(61-34-15-16-35-62(61)66-59-32-13-11-27-56(59)57-28-12-14-33-60(57)66)51-43-41-46(42-44-51)45-37-39-50(40-38-45)53-30-17-24-48-23-7-8-25-52(48)53/h1-44H. The van der Waals surface area contributed by atoms with Crippen molar-refractivity contribution in [3.05, 3.63) is 267 Å². The first-order valence-corrected chi connectivity index (χ1v) is 22.7. The first-order chi connectivity index (χ1) is 32.8. The van der Waals surface area contributed by atoms with Gasteiger partial charge in [0.1, 0.15) is 0 Å². The van der Waals surface area contributed by atoms with Crippen LogP contribution in [0.5, 0.6) is 0 Å². The third-order valence-corrected chi connectivity index (χ3v) is 13.0. The lowest BCUT2D eigenvalue weighted by molar-refractivity contribution is 1.15. The lowest BCUT2D eigenvalue weighted by atomic mass is 9.87. The molecule has 0 aliphatic heterocycles. The van der Waals surface area contributed by atoms with Crippen molar-refractivity contribution in [2.24, 2.45) is 0 Å². The topological polar surface area (TPSA) is 8.17 Å². The number of hydrogen-bond donors (Lipinski definition) is 0. The Labute approximate surface area is 385 Å². The highest BCUT2D eigenvalue weighted by molar-refractivity contribution is 6.10. The number of aromatic nitrogens is 1. The summed E-state index contributed by atoms with van der Waals surface area (Å²) in [5.41, 5.74) is 18.4. The van der Waals surface area contributed by atoms with Crippen molar-refractivity contribution < 1.29 is 0 Å². The van der Waals surface area contributed by atoms with E-state index in [-0.39, 0.29) is 0 Å². The van der Waals surface area contributed by atoms with Gasteiger partial charge in [0.2, 0.25) is 0 Å². The van der Waals surface area contributed by atoms with Gasteiger partial charge in [-0.15, -0.1) is 0 Å². The van der Waals surface area contributed by atoms with E-state index in [1.807, 2.05) is 0 Å². The molecule has 0 aliphatic rings. The van der Waals surface area contributed by atoms with E-state index >= 15 is 0 Å². The van der Waals surface area contributed by atoms with Crippen LogP contribution in [0.3, 0.4) is 0 Å². The zero-order chi connectivity index (χ0) is 43.8. The fourth-order valence-electron chi connectivity index (χ4n) is 9.99. The Morgan fingerprint density at radius 1 is 0.258 bits per heavy atom. The molecule has 0 radical (unpaired) electrons. The van der Waals surface area contributed by atoms with Crippen molar-refractivity contribution in [3.8, 4) is 61.3 Å². The van der Waals surface area contributed by atoms with E-state index in [4.69, 9.17) is 0 Å². The van der Waals surface area contributed by atoms with Gasteiger partial charge in [0.05, 0.1) is 28.1 Å². The highest BCUT2D eigenvalue weighted by Crippen LogP contribution is 2.50. The van der Waals surface area contributed by atoms with Gasteiger partial charge in [-0.25, -0.2) is 0 Å². The van der Waals surface area contributed by atoms with E-state index in [0.717, 1.165) is 39.4 Å². The molecule has 12 rings (SSSR count). The second-order valence-electron chi connectivity index (χ2n) is 16.8. The number of para-hydroxylation sites is 4. The van der Waals surface area contributed by atoms with E-state index in [9.17, 15) is 0 Å². The maximum absolute atomic E-state index is 2.48. The first kappa shape index (κ1) is 38.9. The molecule has 12 aromatic rings. The number of hydrogen-bond acceptors (Lipinski definition) is 1. The van der Waals surface area contributed by atoms with Gasteiger partial charge in [0.15, 0.2) is 0 Å². The molecule has 0 N–H and O–H groups in total. The van der Waals surface area contributed by atoms with Crippen LogP contribution in [-0.4, -0.2) is 4.57 Å². The molecule has 2 heteroatoms. The lowest BCUT2D eigenvalue weighted by Crippen LogP contribution is -2.14. The number of benzene rings is 11. The van der Waals surface area contributed by atoms with Crippen LogP contribution >= 0.6 is 0 Å². The van der Waals surface area contributed by atoms with Gasteiger partial charge in [-0.3, -0.25) is 0 Å². The van der Waals surface area contributed by atoms with Crippen LogP contribution in [0.1, 0.15) is 0 Å². The van der Waals surface area contributed by atoms with Gasteiger partial charge in [-0.2, -0.15) is 0 Å². The SMILES string of the molecule is c1ccc(-c2ccccc2-c2c(-c3ccccc3)cccc2N(c2ccc(-c3ccc(-c4cccc5ccccc45)cc3)cc2)c2ccccc2-n2c3ccccc3c3ccccc32)cc1. The zero-order valence-corrected chi connectivity index (χ0v) is 36.3. The summed E-state index contributed by atoms with van der Waals surface area (Å²) < 4.78 is 2.44. The van der Waals surface area contributed by atoms with Gasteiger partial charge in [0, 0.05) is 22.0 Å². The van der Waals surface area contributed by atoms with Crippen molar-refractivity contribution >= 4 is 49.6 Å². The van der Waals surface area contributed by atoms with E-state index in [1.165, 1.54) is 71.5 Å². The Bertz CT molecular complexity index is 3620. The fraction of sp³-hybridized carbons (Fsp3) is 0. The second-order valence-corrected chi connectivity index (χ2v) is 16.8. The average Bonchev–Trinajstić information content (AvgIpc) is 3.74. The summed E-state index contributed by atoms with van der Waals surface area (Å²) >= 11 is 0. The Hall–Kier alpha value is -8.72. The normalized spacial score (nSPS) is 11.3. The van der Waals surface area contributed by atoms with Crippen LogP contribution in [0.25, 0.3) is 93.9 Å². The van der Waals surface area contributed by atoms with Crippen molar-refractivity contribution in [3.63, 3.8) is 0 Å². The maximum atomic E-state index is 2.48. The van der Waals surface area contributed by atoms with Crippen molar-refractivity contribution in [1.82, 2.24) is 4.57 Å². The van der Waals surface area contributed by atoms with E-state index in [2.05, 4.69) is 276 Å². The third kappa shape index (κ3) is 6.84. The van der Waals surface area contributed by atoms with Crippen molar-refractivity contribution in [1.29, 1.82) is 0 Å². The largest absolute Gasteiger partial charge is 0.308 e. The Morgan fingerprint density at radius 2 is 0.697 bits per heavy atom. The van der Waals surface area contributed by atoms with E-state index < -0.39 is 0 Å². The van der Waals surface area contributed by atoms with E-state index in [0.29, 0.717) is 0 Å². The fourth-order valence-corrected chi connectivity index (χ4v) is 9.99. The highest BCUT2D eigenvalue weighted by Gasteiger charge is 2.26. The molecule has 0 unspecified atom stereocenters. The summed E-state index contributed by atoms with van der Waals surface area (Å²) in [5, 5.41) is 4.98. The molecule has 0 aliphatic carbocycles. The number of fused-ring (bicyclic) bond motifs is 4. The smallest absolute Gasteiger partial charge is 0.0702 e.